The monoisotopic (exact) mass is 560 g/mol. The first kappa shape index (κ1) is 29.1. The van der Waals surface area contributed by atoms with Gasteiger partial charge < -0.3 is 14.2 Å². The predicted octanol–water partition coefficient (Wildman–Crippen LogP) is 8.42. The van der Waals surface area contributed by atoms with Gasteiger partial charge in [-0.15, -0.1) is 0 Å². The molecule has 0 heterocycles. The molecule has 1 aliphatic rings. The second-order valence-electron chi connectivity index (χ2n) is 9.34. The molecule has 0 aliphatic heterocycles. The first-order chi connectivity index (χ1) is 19.2. The van der Waals surface area contributed by atoms with Crippen molar-refractivity contribution in [2.75, 3.05) is 13.2 Å². The van der Waals surface area contributed by atoms with E-state index in [2.05, 4.69) is 0 Å². The van der Waals surface area contributed by atoms with Crippen molar-refractivity contribution in [3.63, 3.8) is 0 Å². The summed E-state index contributed by atoms with van der Waals surface area (Å²) in [7, 11) is 0. The number of halogens is 5. The average molecular weight is 561 g/mol. The molecule has 0 fully saturated rings. The van der Waals surface area contributed by atoms with Crippen molar-refractivity contribution >= 4 is 11.5 Å². The molecule has 1 aliphatic carbocycles. The highest BCUT2D eigenvalue weighted by Gasteiger charge is 2.25. The summed E-state index contributed by atoms with van der Waals surface area (Å²) in [5, 5.41) is 0. The van der Waals surface area contributed by atoms with Gasteiger partial charge in [0.1, 0.15) is 11.9 Å². The zero-order valence-corrected chi connectivity index (χ0v) is 22.2. The van der Waals surface area contributed by atoms with Crippen LogP contribution in [0.2, 0.25) is 0 Å². The molecule has 0 spiro atoms. The molecule has 0 saturated carbocycles. The van der Waals surface area contributed by atoms with Crippen LogP contribution in [0.4, 0.5) is 22.0 Å². The van der Waals surface area contributed by atoms with E-state index in [0.717, 1.165) is 18.1 Å². The molecule has 1 unspecified atom stereocenters. The molecule has 40 heavy (non-hydrogen) atoms. The van der Waals surface area contributed by atoms with E-state index in [1.54, 1.807) is 19.1 Å². The number of carbonyl (C=O) groups is 1. The van der Waals surface area contributed by atoms with Gasteiger partial charge in [-0.3, -0.25) is 0 Å². The molecule has 3 aromatic carbocycles. The SMILES string of the molecule is CCCCOc1ccc(C(=O)OC2CC=C(c3ccc(-c4ccc(OCC)c(F)c4F)c(F)c3)CC2)c(F)c1F. The van der Waals surface area contributed by atoms with Gasteiger partial charge >= 0.3 is 5.97 Å². The fraction of sp³-hybridized carbons (Fsp3) is 0.323. The fourth-order valence-electron chi connectivity index (χ4n) is 4.46. The van der Waals surface area contributed by atoms with E-state index in [4.69, 9.17) is 14.2 Å². The maximum atomic E-state index is 15.0. The summed E-state index contributed by atoms with van der Waals surface area (Å²) in [6.45, 7) is 3.97. The predicted molar refractivity (Wildman–Crippen MR) is 141 cm³/mol. The molecule has 1 atom stereocenters. The molecule has 0 radical (unpaired) electrons. The van der Waals surface area contributed by atoms with E-state index in [-0.39, 0.29) is 42.3 Å². The first-order valence-electron chi connectivity index (χ1n) is 13.2. The molecule has 0 N–H and O–H groups in total. The van der Waals surface area contributed by atoms with Gasteiger partial charge in [0.15, 0.2) is 23.1 Å². The van der Waals surface area contributed by atoms with Crippen molar-refractivity contribution in [2.45, 2.75) is 52.1 Å². The third kappa shape index (κ3) is 6.29. The lowest BCUT2D eigenvalue weighted by Crippen LogP contribution is -2.21. The highest BCUT2D eigenvalue weighted by atomic mass is 19.2. The number of unbranched alkanes of at least 4 members (excludes halogenated alkanes) is 1. The molecule has 4 nitrogen and oxygen atoms in total. The average Bonchev–Trinajstić information content (AvgIpc) is 2.94. The van der Waals surface area contributed by atoms with Gasteiger partial charge in [0.05, 0.1) is 18.8 Å². The Labute approximate surface area is 229 Å². The van der Waals surface area contributed by atoms with Gasteiger partial charge in [-0.25, -0.2) is 18.0 Å². The molecule has 4 rings (SSSR count). The molecule has 0 bridgehead atoms. The summed E-state index contributed by atoms with van der Waals surface area (Å²) in [4.78, 5) is 12.5. The summed E-state index contributed by atoms with van der Waals surface area (Å²) in [6, 6.07) is 9.08. The van der Waals surface area contributed by atoms with E-state index in [9.17, 15) is 26.7 Å². The van der Waals surface area contributed by atoms with Crippen LogP contribution in [0.3, 0.4) is 0 Å². The Balaban J connectivity index is 1.42. The van der Waals surface area contributed by atoms with Gasteiger partial charge in [0, 0.05) is 17.5 Å². The maximum absolute atomic E-state index is 15.0. The van der Waals surface area contributed by atoms with E-state index in [0.29, 0.717) is 24.8 Å². The van der Waals surface area contributed by atoms with Crippen LogP contribution in [0.25, 0.3) is 16.7 Å². The third-order valence-electron chi connectivity index (χ3n) is 6.64. The van der Waals surface area contributed by atoms with Crippen LogP contribution >= 0.6 is 0 Å². The standard InChI is InChI=1S/C31H29F5O4/c1-3-5-16-39-26-15-13-23(28(34)30(26)36)31(37)40-20-9-6-18(7-10-20)19-8-11-21(24(32)17-19)22-12-14-25(38-4-2)29(35)27(22)33/h6,8,11-15,17,20H,3-5,7,9-10,16H2,1-2H3. The Morgan fingerprint density at radius 2 is 1.55 bits per heavy atom. The summed E-state index contributed by atoms with van der Waals surface area (Å²) in [5.41, 5.74) is 0.485. The Kier molecular flexibility index (Phi) is 9.45. The molecule has 0 amide bonds. The van der Waals surface area contributed by atoms with Crippen molar-refractivity contribution in [2.24, 2.45) is 0 Å². The summed E-state index contributed by atoms with van der Waals surface area (Å²) < 4.78 is 88.3. The van der Waals surface area contributed by atoms with Gasteiger partial charge in [-0.2, -0.15) is 8.78 Å². The Hall–Kier alpha value is -3.88. The number of benzene rings is 3. The van der Waals surface area contributed by atoms with Crippen molar-refractivity contribution < 1.29 is 41.0 Å². The normalized spacial score (nSPS) is 15.0. The quantitative estimate of drug-likeness (QED) is 0.142. The molecule has 0 aromatic heterocycles. The van der Waals surface area contributed by atoms with E-state index >= 15 is 0 Å². The lowest BCUT2D eigenvalue weighted by molar-refractivity contribution is 0.0278. The Bertz CT molecular complexity index is 1420. The highest BCUT2D eigenvalue weighted by molar-refractivity contribution is 5.90. The smallest absolute Gasteiger partial charge is 0.341 e. The van der Waals surface area contributed by atoms with Gasteiger partial charge in [0.25, 0.3) is 0 Å². The van der Waals surface area contributed by atoms with Crippen LogP contribution in [-0.4, -0.2) is 25.3 Å². The van der Waals surface area contributed by atoms with Crippen molar-refractivity contribution in [3.05, 3.63) is 88.8 Å². The first-order valence-corrected chi connectivity index (χ1v) is 13.2. The zero-order chi connectivity index (χ0) is 28.8. The van der Waals surface area contributed by atoms with Crippen LogP contribution in [-0.2, 0) is 4.74 Å². The summed E-state index contributed by atoms with van der Waals surface area (Å²) >= 11 is 0. The van der Waals surface area contributed by atoms with Crippen LogP contribution in [0.1, 0.15) is 61.9 Å². The number of allylic oxidation sites excluding steroid dienone is 1. The van der Waals surface area contributed by atoms with Gasteiger partial charge in [-0.1, -0.05) is 31.6 Å². The van der Waals surface area contributed by atoms with Crippen molar-refractivity contribution in [1.29, 1.82) is 0 Å². The van der Waals surface area contributed by atoms with Crippen LogP contribution in [0.5, 0.6) is 11.5 Å². The minimum Gasteiger partial charge on any atom is -0.491 e. The number of ether oxygens (including phenoxy) is 3. The van der Waals surface area contributed by atoms with Gasteiger partial charge in [-0.05, 0) is 67.7 Å². The van der Waals surface area contributed by atoms with Crippen LogP contribution in [0, 0.1) is 29.1 Å². The summed E-state index contributed by atoms with van der Waals surface area (Å²) in [5.74, 6) is -7.18. The molecule has 0 saturated heterocycles. The maximum Gasteiger partial charge on any atom is 0.341 e. The number of carbonyl (C=O) groups excluding carboxylic acids is 1. The lowest BCUT2D eigenvalue weighted by Gasteiger charge is -2.23. The fourth-order valence-corrected chi connectivity index (χ4v) is 4.46. The summed E-state index contributed by atoms with van der Waals surface area (Å²) in [6.07, 6.45) is 3.78. The van der Waals surface area contributed by atoms with E-state index < -0.39 is 46.7 Å². The minimum atomic E-state index is -1.33. The minimum absolute atomic E-state index is 0.0949. The number of hydrogen-bond acceptors (Lipinski definition) is 4. The van der Waals surface area contributed by atoms with E-state index in [1.807, 2.05) is 6.92 Å². The molecule has 3 aromatic rings. The lowest BCUT2D eigenvalue weighted by atomic mass is 9.90. The zero-order valence-electron chi connectivity index (χ0n) is 22.2. The van der Waals surface area contributed by atoms with Crippen LogP contribution < -0.4 is 9.47 Å². The number of rotatable bonds is 10. The Morgan fingerprint density at radius 1 is 0.850 bits per heavy atom. The van der Waals surface area contributed by atoms with Crippen LogP contribution in [0.15, 0.2) is 48.5 Å². The van der Waals surface area contributed by atoms with Crippen molar-refractivity contribution in [1.82, 2.24) is 0 Å². The largest absolute Gasteiger partial charge is 0.491 e. The number of hydrogen-bond donors (Lipinski definition) is 0. The molecule has 212 valence electrons. The highest BCUT2D eigenvalue weighted by Crippen LogP contribution is 2.35. The molecular weight excluding hydrogens is 531 g/mol. The molecule has 9 heteroatoms. The topological polar surface area (TPSA) is 44.8 Å². The molecular formula is C31H29F5O4. The number of esters is 1. The Morgan fingerprint density at radius 3 is 2.23 bits per heavy atom. The van der Waals surface area contributed by atoms with E-state index in [1.165, 1.54) is 30.3 Å². The third-order valence-corrected chi connectivity index (χ3v) is 6.64. The second kappa shape index (κ2) is 13.0. The van der Waals surface area contributed by atoms with Gasteiger partial charge in [0.2, 0.25) is 11.6 Å². The second-order valence-corrected chi connectivity index (χ2v) is 9.34. The van der Waals surface area contributed by atoms with Crippen molar-refractivity contribution in [3.8, 4) is 22.6 Å².